The van der Waals surface area contributed by atoms with E-state index in [1.807, 2.05) is 13.8 Å². The van der Waals surface area contributed by atoms with Crippen molar-refractivity contribution in [2.45, 2.75) is 52.0 Å². The van der Waals surface area contributed by atoms with Crippen LogP contribution in [0.3, 0.4) is 0 Å². The van der Waals surface area contributed by atoms with E-state index in [0.717, 1.165) is 19.3 Å². The first-order valence-electron chi connectivity index (χ1n) is 7.75. The molecular weight excluding hydrogens is 272 g/mol. The van der Waals surface area contributed by atoms with Crippen LogP contribution in [-0.4, -0.2) is 42.4 Å². The largest absolute Gasteiger partial charge is 0.481 e. The predicted octanol–water partition coefficient (Wildman–Crippen LogP) is 1.99. The molecule has 2 amide bonds. The smallest absolute Gasteiger partial charge is 0.315 e. The number of nitrogens with one attached hydrogen (secondary N) is 2. The summed E-state index contributed by atoms with van der Waals surface area (Å²) >= 11 is 0. The molecular formula is C15H28N2O4. The van der Waals surface area contributed by atoms with E-state index in [1.54, 1.807) is 0 Å². The first-order chi connectivity index (χ1) is 9.88. The number of carboxylic acid groups (broad SMARTS) is 1. The molecule has 1 fully saturated rings. The summed E-state index contributed by atoms with van der Waals surface area (Å²) in [5.41, 5.74) is -0.296. The molecule has 0 aliphatic carbocycles. The van der Waals surface area contributed by atoms with Crippen LogP contribution in [0.4, 0.5) is 4.79 Å². The third kappa shape index (κ3) is 5.91. The fourth-order valence-electron chi connectivity index (χ4n) is 2.79. The van der Waals surface area contributed by atoms with Gasteiger partial charge in [-0.2, -0.15) is 0 Å². The van der Waals surface area contributed by atoms with Gasteiger partial charge in [0.2, 0.25) is 0 Å². The number of hydrogen-bond acceptors (Lipinski definition) is 3. The molecule has 1 saturated heterocycles. The molecule has 1 rings (SSSR count). The zero-order valence-electron chi connectivity index (χ0n) is 13.3. The molecule has 1 heterocycles. The van der Waals surface area contributed by atoms with Gasteiger partial charge in [-0.3, -0.25) is 4.79 Å². The molecule has 0 aromatic rings. The number of carboxylic acids is 1. The number of carbonyl (C=O) groups is 2. The Kier molecular flexibility index (Phi) is 6.95. The molecule has 122 valence electrons. The number of ether oxygens (including phenoxy) is 1. The zero-order valence-corrected chi connectivity index (χ0v) is 13.3. The molecule has 21 heavy (non-hydrogen) atoms. The topological polar surface area (TPSA) is 87.7 Å². The quantitative estimate of drug-likeness (QED) is 0.639. The van der Waals surface area contributed by atoms with Crippen molar-refractivity contribution in [1.82, 2.24) is 10.6 Å². The van der Waals surface area contributed by atoms with Crippen LogP contribution in [0.1, 0.15) is 46.5 Å². The third-order valence-electron chi connectivity index (χ3n) is 3.82. The number of aliphatic carboxylic acids is 1. The van der Waals surface area contributed by atoms with Gasteiger partial charge in [0.15, 0.2) is 0 Å². The van der Waals surface area contributed by atoms with E-state index in [1.165, 1.54) is 0 Å². The van der Waals surface area contributed by atoms with Gasteiger partial charge in [-0.05, 0) is 25.2 Å². The highest BCUT2D eigenvalue weighted by molar-refractivity contribution is 5.76. The fraction of sp³-hybridized carbons (Fsp3) is 0.867. The van der Waals surface area contributed by atoms with Crippen molar-refractivity contribution in [2.75, 3.05) is 19.8 Å². The molecule has 1 aliphatic rings. The Balaban J connectivity index is 2.46. The van der Waals surface area contributed by atoms with E-state index in [-0.39, 0.29) is 24.0 Å². The second kappa shape index (κ2) is 8.22. The van der Waals surface area contributed by atoms with Gasteiger partial charge in [-0.1, -0.05) is 27.2 Å². The van der Waals surface area contributed by atoms with Crippen LogP contribution in [-0.2, 0) is 9.53 Å². The van der Waals surface area contributed by atoms with Crippen LogP contribution in [0, 0.1) is 11.8 Å². The number of carbonyl (C=O) groups excluding carboxylic acids is 1. The van der Waals surface area contributed by atoms with Crippen LogP contribution in [0.5, 0.6) is 0 Å². The highest BCUT2D eigenvalue weighted by atomic mass is 16.5. The van der Waals surface area contributed by atoms with Crippen LogP contribution >= 0.6 is 0 Å². The Bertz CT molecular complexity index is 352. The van der Waals surface area contributed by atoms with Crippen molar-refractivity contribution < 1.29 is 19.4 Å². The minimum atomic E-state index is -0.864. The first kappa shape index (κ1) is 17.8. The van der Waals surface area contributed by atoms with Crippen molar-refractivity contribution in [2.24, 2.45) is 11.8 Å². The summed E-state index contributed by atoms with van der Waals surface area (Å²) in [4.78, 5) is 23.2. The van der Waals surface area contributed by atoms with E-state index in [4.69, 9.17) is 9.84 Å². The number of urea groups is 1. The molecule has 0 aromatic carbocycles. The molecule has 0 spiro atoms. The van der Waals surface area contributed by atoms with Gasteiger partial charge >= 0.3 is 12.0 Å². The van der Waals surface area contributed by atoms with Crippen molar-refractivity contribution in [3.63, 3.8) is 0 Å². The molecule has 0 bridgehead atoms. The molecule has 2 unspecified atom stereocenters. The maximum atomic E-state index is 12.0. The maximum absolute atomic E-state index is 12.0. The molecule has 3 N–H and O–H groups in total. The third-order valence-corrected chi connectivity index (χ3v) is 3.82. The van der Waals surface area contributed by atoms with Gasteiger partial charge in [-0.15, -0.1) is 0 Å². The van der Waals surface area contributed by atoms with E-state index >= 15 is 0 Å². The summed E-state index contributed by atoms with van der Waals surface area (Å²) in [6.45, 7) is 7.36. The van der Waals surface area contributed by atoms with Crippen LogP contribution in [0.25, 0.3) is 0 Å². The number of amides is 2. The lowest BCUT2D eigenvalue weighted by Gasteiger charge is -2.28. The van der Waals surface area contributed by atoms with Gasteiger partial charge in [0.25, 0.3) is 0 Å². The molecule has 6 nitrogen and oxygen atoms in total. The average molecular weight is 300 g/mol. The van der Waals surface area contributed by atoms with Gasteiger partial charge in [-0.25, -0.2) is 4.79 Å². The Hall–Kier alpha value is -1.30. The molecule has 0 aromatic heterocycles. The summed E-state index contributed by atoms with van der Waals surface area (Å²) in [7, 11) is 0. The van der Waals surface area contributed by atoms with Gasteiger partial charge in [0.05, 0.1) is 18.1 Å². The molecule has 6 heteroatoms. The summed E-state index contributed by atoms with van der Waals surface area (Å²) in [6.07, 6.45) is 3.20. The van der Waals surface area contributed by atoms with Crippen LogP contribution in [0.2, 0.25) is 0 Å². The Morgan fingerprint density at radius 3 is 2.57 bits per heavy atom. The summed E-state index contributed by atoms with van der Waals surface area (Å²) in [5.74, 6) is -1.13. The highest BCUT2D eigenvalue weighted by Gasteiger charge is 2.35. The van der Waals surface area contributed by atoms with Gasteiger partial charge in [0, 0.05) is 13.2 Å². The van der Waals surface area contributed by atoms with Gasteiger partial charge < -0.3 is 20.5 Å². The maximum Gasteiger partial charge on any atom is 0.315 e. The predicted molar refractivity (Wildman–Crippen MR) is 80.2 cm³/mol. The number of hydrogen-bond donors (Lipinski definition) is 3. The van der Waals surface area contributed by atoms with Crippen molar-refractivity contribution >= 4 is 12.0 Å². The lowest BCUT2D eigenvalue weighted by atomic mass is 9.93. The van der Waals surface area contributed by atoms with E-state index < -0.39 is 11.9 Å². The Morgan fingerprint density at radius 2 is 2.10 bits per heavy atom. The van der Waals surface area contributed by atoms with E-state index in [9.17, 15) is 9.59 Å². The SMILES string of the molecule is CCCC1(NC(=O)NCC(CC(C)C)C(=O)O)CCOC1. The standard InChI is InChI=1S/C15H28N2O4/c1-4-5-15(6-7-21-10-15)17-14(20)16-9-12(13(18)19)8-11(2)3/h11-12H,4-10H2,1-3H3,(H,18,19)(H2,16,17,20). The first-order valence-corrected chi connectivity index (χ1v) is 7.75. The molecule has 0 radical (unpaired) electrons. The Labute approximate surface area is 126 Å². The number of rotatable bonds is 8. The van der Waals surface area contributed by atoms with E-state index in [0.29, 0.717) is 19.6 Å². The lowest BCUT2D eigenvalue weighted by molar-refractivity contribution is -0.142. The summed E-state index contributed by atoms with van der Waals surface area (Å²) in [5, 5.41) is 14.8. The highest BCUT2D eigenvalue weighted by Crippen LogP contribution is 2.23. The monoisotopic (exact) mass is 300 g/mol. The second-order valence-electron chi connectivity index (χ2n) is 6.33. The molecule has 0 saturated carbocycles. The molecule has 2 atom stereocenters. The van der Waals surface area contributed by atoms with Crippen molar-refractivity contribution in [3.8, 4) is 0 Å². The summed E-state index contributed by atoms with van der Waals surface area (Å²) in [6, 6.07) is -0.302. The van der Waals surface area contributed by atoms with Gasteiger partial charge in [0.1, 0.15) is 0 Å². The fourth-order valence-corrected chi connectivity index (χ4v) is 2.79. The van der Waals surface area contributed by atoms with Crippen molar-refractivity contribution in [1.29, 1.82) is 0 Å². The van der Waals surface area contributed by atoms with E-state index in [2.05, 4.69) is 17.6 Å². The molecule has 1 aliphatic heterocycles. The zero-order chi connectivity index (χ0) is 15.9. The normalized spacial score (nSPS) is 23.0. The van der Waals surface area contributed by atoms with Crippen LogP contribution in [0.15, 0.2) is 0 Å². The minimum absolute atomic E-state index is 0.155. The minimum Gasteiger partial charge on any atom is -0.481 e. The average Bonchev–Trinajstić information content (AvgIpc) is 2.82. The van der Waals surface area contributed by atoms with Crippen molar-refractivity contribution in [3.05, 3.63) is 0 Å². The van der Waals surface area contributed by atoms with Crippen LogP contribution < -0.4 is 10.6 Å². The lowest BCUT2D eigenvalue weighted by Crippen LogP contribution is -2.53. The second-order valence-corrected chi connectivity index (χ2v) is 6.33. The Morgan fingerprint density at radius 1 is 1.38 bits per heavy atom. The summed E-state index contributed by atoms with van der Waals surface area (Å²) < 4.78 is 5.39.